The Bertz CT molecular complexity index is 470. The number of allylic oxidation sites excluding steroid dienone is 2. The van der Waals surface area contributed by atoms with E-state index in [1.54, 1.807) is 0 Å². The molecule has 1 nitrogen and oxygen atoms in total. The summed E-state index contributed by atoms with van der Waals surface area (Å²) in [7, 11) is 0. The Morgan fingerprint density at radius 3 is 2.93 bits per heavy atom. The topological polar surface area (TPSA) is 17.1 Å². The molecule has 0 aromatic heterocycles. The van der Waals surface area contributed by atoms with Crippen LogP contribution in [0.15, 0.2) is 30.3 Å². The van der Waals surface area contributed by atoms with E-state index in [9.17, 15) is 4.79 Å². The van der Waals surface area contributed by atoms with Gasteiger partial charge in [-0.1, -0.05) is 31.2 Å². The van der Waals surface area contributed by atoms with E-state index in [1.165, 1.54) is 16.7 Å². The first kappa shape index (κ1) is 8.90. The summed E-state index contributed by atoms with van der Waals surface area (Å²) in [6, 6.07) is 8.47. The van der Waals surface area contributed by atoms with E-state index in [-0.39, 0.29) is 5.41 Å². The Kier molecular flexibility index (Phi) is 1.67. The zero-order valence-corrected chi connectivity index (χ0v) is 8.92. The molecule has 0 aliphatic heterocycles. The number of benzene rings is 1. The van der Waals surface area contributed by atoms with E-state index in [0.717, 1.165) is 12.8 Å². The second-order valence-electron chi connectivity index (χ2n) is 4.92. The van der Waals surface area contributed by atoms with E-state index < -0.39 is 0 Å². The predicted molar refractivity (Wildman–Crippen MR) is 60.5 cm³/mol. The van der Waals surface area contributed by atoms with Crippen LogP contribution in [0.2, 0.25) is 0 Å². The summed E-state index contributed by atoms with van der Waals surface area (Å²) >= 11 is 0. The third-order valence-corrected chi connectivity index (χ3v) is 3.77. The molecule has 1 aromatic carbocycles. The number of ketones is 1. The molecular weight excluding hydrogens is 184 g/mol. The van der Waals surface area contributed by atoms with Gasteiger partial charge < -0.3 is 0 Å². The molecule has 0 spiro atoms. The van der Waals surface area contributed by atoms with Gasteiger partial charge in [-0.05, 0) is 35.6 Å². The van der Waals surface area contributed by atoms with Gasteiger partial charge in [0.1, 0.15) is 0 Å². The summed E-state index contributed by atoms with van der Waals surface area (Å²) in [5.41, 5.74) is 4.09. The fourth-order valence-electron chi connectivity index (χ4n) is 2.90. The highest BCUT2D eigenvalue weighted by molar-refractivity contribution is 6.04. The summed E-state index contributed by atoms with van der Waals surface area (Å²) in [6.45, 7) is 2.22. The second kappa shape index (κ2) is 2.82. The molecule has 0 saturated carbocycles. The standard InChI is InChI=1S/C14H14O/c1-14-7-6-10-4-2-3-5-12(10)13(14)8-11(15)9-14/h2-5,8H,6-7,9H2,1H3/t14-/m1/s1. The first-order valence-electron chi connectivity index (χ1n) is 5.52. The number of fused-ring (bicyclic) bond motifs is 3. The molecule has 2 aliphatic rings. The van der Waals surface area contributed by atoms with E-state index in [2.05, 4.69) is 31.2 Å². The molecule has 0 unspecified atom stereocenters. The lowest BCUT2D eigenvalue weighted by molar-refractivity contribution is -0.115. The van der Waals surface area contributed by atoms with Crippen molar-refractivity contribution in [1.82, 2.24) is 0 Å². The Balaban J connectivity index is 2.21. The van der Waals surface area contributed by atoms with Crippen LogP contribution >= 0.6 is 0 Å². The van der Waals surface area contributed by atoms with Crippen molar-refractivity contribution in [3.8, 4) is 0 Å². The van der Waals surface area contributed by atoms with Gasteiger partial charge in [-0.3, -0.25) is 4.79 Å². The van der Waals surface area contributed by atoms with Crippen LogP contribution < -0.4 is 0 Å². The third kappa shape index (κ3) is 1.19. The molecule has 2 aliphatic carbocycles. The molecule has 76 valence electrons. The largest absolute Gasteiger partial charge is 0.295 e. The minimum atomic E-state index is 0.117. The number of hydrogen-bond acceptors (Lipinski definition) is 1. The minimum absolute atomic E-state index is 0.117. The zero-order valence-electron chi connectivity index (χ0n) is 8.92. The van der Waals surface area contributed by atoms with E-state index in [0.29, 0.717) is 12.2 Å². The first-order valence-corrected chi connectivity index (χ1v) is 5.52. The Morgan fingerprint density at radius 2 is 2.07 bits per heavy atom. The molecule has 3 rings (SSSR count). The monoisotopic (exact) mass is 198 g/mol. The van der Waals surface area contributed by atoms with Crippen molar-refractivity contribution < 1.29 is 4.79 Å². The van der Waals surface area contributed by atoms with Crippen molar-refractivity contribution >= 4 is 11.4 Å². The van der Waals surface area contributed by atoms with Gasteiger partial charge in [0.05, 0.1) is 0 Å². The summed E-state index contributed by atoms with van der Waals surface area (Å²) in [5.74, 6) is 0.296. The molecule has 0 fully saturated rings. The quantitative estimate of drug-likeness (QED) is 0.626. The van der Waals surface area contributed by atoms with Gasteiger partial charge in [-0.25, -0.2) is 0 Å². The van der Waals surface area contributed by atoms with Crippen LogP contribution in [0.5, 0.6) is 0 Å². The fraction of sp³-hybridized carbons (Fsp3) is 0.357. The molecule has 0 amide bonds. The van der Waals surface area contributed by atoms with Gasteiger partial charge >= 0.3 is 0 Å². The summed E-state index contributed by atoms with van der Waals surface area (Å²) in [5, 5.41) is 0. The summed E-state index contributed by atoms with van der Waals surface area (Å²) < 4.78 is 0. The summed E-state index contributed by atoms with van der Waals surface area (Å²) in [6.07, 6.45) is 4.79. The number of carbonyl (C=O) groups is 1. The van der Waals surface area contributed by atoms with Gasteiger partial charge in [0, 0.05) is 11.8 Å². The molecule has 1 aromatic rings. The SMILES string of the molecule is C[C@]12CCc3ccccc3C1=CC(=O)C2. The molecule has 1 heteroatoms. The van der Waals surface area contributed by atoms with E-state index >= 15 is 0 Å². The molecule has 0 N–H and O–H groups in total. The lowest BCUT2D eigenvalue weighted by atomic mass is 9.70. The van der Waals surface area contributed by atoms with Crippen molar-refractivity contribution in [3.05, 3.63) is 41.5 Å². The van der Waals surface area contributed by atoms with Crippen molar-refractivity contribution in [2.24, 2.45) is 5.41 Å². The van der Waals surface area contributed by atoms with Gasteiger partial charge in [0.2, 0.25) is 0 Å². The van der Waals surface area contributed by atoms with Gasteiger partial charge in [0.15, 0.2) is 5.78 Å². The van der Waals surface area contributed by atoms with E-state index in [1.807, 2.05) is 6.08 Å². The molecule has 0 bridgehead atoms. The predicted octanol–water partition coefficient (Wildman–Crippen LogP) is 3.00. The van der Waals surface area contributed by atoms with Crippen LogP contribution in [0, 0.1) is 5.41 Å². The molecule has 1 atom stereocenters. The lowest BCUT2D eigenvalue weighted by Crippen LogP contribution is -2.22. The zero-order chi connectivity index (χ0) is 10.5. The Labute approximate surface area is 89.8 Å². The first-order chi connectivity index (χ1) is 7.19. The number of rotatable bonds is 0. The lowest BCUT2D eigenvalue weighted by Gasteiger charge is -2.33. The highest BCUT2D eigenvalue weighted by Gasteiger charge is 2.40. The van der Waals surface area contributed by atoms with Crippen LogP contribution in [-0.4, -0.2) is 5.78 Å². The molecular formula is C14H14O. The molecule has 15 heavy (non-hydrogen) atoms. The van der Waals surface area contributed by atoms with Crippen LogP contribution in [0.1, 0.15) is 30.9 Å². The highest BCUT2D eigenvalue weighted by atomic mass is 16.1. The van der Waals surface area contributed by atoms with Gasteiger partial charge in [0.25, 0.3) is 0 Å². The van der Waals surface area contributed by atoms with Crippen LogP contribution in [0.25, 0.3) is 5.57 Å². The average molecular weight is 198 g/mol. The number of aryl methyl sites for hydroxylation is 1. The maximum Gasteiger partial charge on any atom is 0.156 e. The third-order valence-electron chi connectivity index (χ3n) is 3.77. The van der Waals surface area contributed by atoms with Gasteiger partial charge in [-0.2, -0.15) is 0 Å². The van der Waals surface area contributed by atoms with Crippen molar-refractivity contribution in [1.29, 1.82) is 0 Å². The molecule has 0 radical (unpaired) electrons. The van der Waals surface area contributed by atoms with Crippen LogP contribution in [0.4, 0.5) is 0 Å². The number of hydrogen-bond donors (Lipinski definition) is 0. The summed E-state index contributed by atoms with van der Waals surface area (Å²) in [4.78, 5) is 11.5. The normalized spacial score (nSPS) is 28.3. The van der Waals surface area contributed by atoms with Gasteiger partial charge in [-0.15, -0.1) is 0 Å². The van der Waals surface area contributed by atoms with Crippen molar-refractivity contribution in [2.75, 3.05) is 0 Å². The number of carbonyl (C=O) groups excluding carboxylic acids is 1. The smallest absolute Gasteiger partial charge is 0.156 e. The Hall–Kier alpha value is -1.37. The highest BCUT2D eigenvalue weighted by Crippen LogP contribution is 2.50. The fourth-order valence-corrected chi connectivity index (χ4v) is 2.90. The Morgan fingerprint density at radius 1 is 1.27 bits per heavy atom. The molecule has 0 saturated heterocycles. The van der Waals surface area contributed by atoms with Crippen molar-refractivity contribution in [2.45, 2.75) is 26.2 Å². The van der Waals surface area contributed by atoms with E-state index in [4.69, 9.17) is 0 Å². The maximum atomic E-state index is 11.5. The van der Waals surface area contributed by atoms with Crippen molar-refractivity contribution in [3.63, 3.8) is 0 Å². The van der Waals surface area contributed by atoms with Crippen LogP contribution in [0.3, 0.4) is 0 Å². The minimum Gasteiger partial charge on any atom is -0.295 e. The molecule has 0 heterocycles. The van der Waals surface area contributed by atoms with Crippen LogP contribution in [-0.2, 0) is 11.2 Å². The maximum absolute atomic E-state index is 11.5. The second-order valence-corrected chi connectivity index (χ2v) is 4.92. The average Bonchev–Trinajstić information content (AvgIpc) is 2.53.